The van der Waals surface area contributed by atoms with Gasteiger partial charge in [0.2, 0.25) is 6.79 Å². The number of methoxy groups -OCH3 is 1. The second-order valence-electron chi connectivity index (χ2n) is 6.32. The van der Waals surface area contributed by atoms with Crippen LogP contribution >= 0.6 is 11.3 Å². The lowest BCUT2D eigenvalue weighted by molar-refractivity contribution is 0.174. The standard InChI is InChI=1S/C21H17N3O3S/c1-25-15-5-3-14(4-6-15)19-9-16-20(28-19)21(24-11-23-16)22-10-13-2-7-17-18(8-13)27-12-26-17/h2-9,11H,10,12H2,1H3,(H,22,23,24). The summed E-state index contributed by atoms with van der Waals surface area (Å²) in [6.07, 6.45) is 1.59. The van der Waals surface area contributed by atoms with Gasteiger partial charge >= 0.3 is 0 Å². The van der Waals surface area contributed by atoms with Crippen LogP contribution in [0.15, 0.2) is 54.9 Å². The molecule has 5 rings (SSSR count). The van der Waals surface area contributed by atoms with Gasteiger partial charge in [-0.3, -0.25) is 0 Å². The molecule has 140 valence electrons. The summed E-state index contributed by atoms with van der Waals surface area (Å²) in [5, 5.41) is 3.42. The Morgan fingerprint density at radius 3 is 2.75 bits per heavy atom. The molecule has 1 aliphatic rings. The molecule has 28 heavy (non-hydrogen) atoms. The van der Waals surface area contributed by atoms with Crippen LogP contribution in [-0.2, 0) is 6.54 Å². The van der Waals surface area contributed by atoms with Crippen molar-refractivity contribution in [3.8, 4) is 27.7 Å². The van der Waals surface area contributed by atoms with Crippen molar-refractivity contribution in [2.45, 2.75) is 6.54 Å². The lowest BCUT2D eigenvalue weighted by Gasteiger charge is -2.07. The normalized spacial score (nSPS) is 12.3. The topological polar surface area (TPSA) is 65.5 Å². The number of ether oxygens (including phenoxy) is 3. The van der Waals surface area contributed by atoms with Crippen LogP contribution in [0.2, 0.25) is 0 Å². The fourth-order valence-electron chi connectivity index (χ4n) is 3.11. The van der Waals surface area contributed by atoms with E-state index in [1.165, 1.54) is 0 Å². The van der Waals surface area contributed by atoms with E-state index in [1.54, 1.807) is 24.8 Å². The largest absolute Gasteiger partial charge is 0.497 e. The lowest BCUT2D eigenvalue weighted by atomic mass is 10.2. The quantitative estimate of drug-likeness (QED) is 0.532. The number of aromatic nitrogens is 2. The van der Waals surface area contributed by atoms with E-state index in [0.29, 0.717) is 6.54 Å². The number of nitrogens with zero attached hydrogens (tertiary/aromatic N) is 2. The average molecular weight is 391 g/mol. The molecule has 2 aromatic heterocycles. The maximum Gasteiger partial charge on any atom is 0.231 e. The van der Waals surface area contributed by atoms with E-state index in [-0.39, 0.29) is 6.79 Å². The highest BCUT2D eigenvalue weighted by Gasteiger charge is 2.14. The summed E-state index contributed by atoms with van der Waals surface area (Å²) in [7, 11) is 1.67. The van der Waals surface area contributed by atoms with E-state index in [9.17, 15) is 0 Å². The minimum Gasteiger partial charge on any atom is -0.497 e. The van der Waals surface area contributed by atoms with Crippen LogP contribution in [0.3, 0.4) is 0 Å². The molecule has 0 atom stereocenters. The Hall–Kier alpha value is -3.32. The zero-order valence-electron chi connectivity index (χ0n) is 15.1. The summed E-state index contributed by atoms with van der Waals surface area (Å²) in [6, 6.07) is 16.1. The van der Waals surface area contributed by atoms with Crippen molar-refractivity contribution in [3.63, 3.8) is 0 Å². The first-order chi connectivity index (χ1) is 13.8. The maximum absolute atomic E-state index is 5.45. The number of hydrogen-bond donors (Lipinski definition) is 1. The van der Waals surface area contributed by atoms with Crippen LogP contribution in [0, 0.1) is 0 Å². The van der Waals surface area contributed by atoms with Crippen molar-refractivity contribution in [1.29, 1.82) is 0 Å². The third-order valence-corrected chi connectivity index (χ3v) is 5.76. The first-order valence-electron chi connectivity index (χ1n) is 8.81. The van der Waals surface area contributed by atoms with E-state index in [2.05, 4.69) is 33.5 Å². The molecule has 2 aromatic carbocycles. The highest BCUT2D eigenvalue weighted by molar-refractivity contribution is 7.22. The highest BCUT2D eigenvalue weighted by Crippen LogP contribution is 2.37. The third kappa shape index (κ3) is 3.10. The molecule has 0 saturated carbocycles. The molecule has 3 heterocycles. The van der Waals surface area contributed by atoms with Crippen LogP contribution in [0.4, 0.5) is 5.82 Å². The third-order valence-electron chi connectivity index (χ3n) is 4.58. The number of benzene rings is 2. The molecular weight excluding hydrogens is 374 g/mol. The highest BCUT2D eigenvalue weighted by atomic mass is 32.1. The molecule has 0 fully saturated rings. The minimum atomic E-state index is 0.280. The van der Waals surface area contributed by atoms with Gasteiger partial charge in [0.1, 0.15) is 17.9 Å². The predicted octanol–water partition coefficient (Wildman–Crippen LogP) is 4.71. The number of rotatable bonds is 5. The van der Waals surface area contributed by atoms with Crippen molar-refractivity contribution >= 4 is 27.4 Å². The molecule has 7 heteroatoms. The van der Waals surface area contributed by atoms with Gasteiger partial charge in [0.05, 0.1) is 17.3 Å². The minimum absolute atomic E-state index is 0.280. The summed E-state index contributed by atoms with van der Waals surface area (Å²) in [5.41, 5.74) is 3.16. The lowest BCUT2D eigenvalue weighted by Crippen LogP contribution is -2.01. The monoisotopic (exact) mass is 391 g/mol. The first kappa shape index (κ1) is 16.8. The number of fused-ring (bicyclic) bond motifs is 2. The van der Waals surface area contributed by atoms with Crippen LogP contribution in [-0.4, -0.2) is 23.9 Å². The maximum atomic E-state index is 5.45. The molecule has 0 bridgehead atoms. The van der Waals surface area contributed by atoms with Crippen molar-refractivity contribution in [2.75, 3.05) is 19.2 Å². The Morgan fingerprint density at radius 1 is 1.04 bits per heavy atom. The van der Waals surface area contributed by atoms with E-state index in [4.69, 9.17) is 14.2 Å². The van der Waals surface area contributed by atoms with E-state index in [0.717, 1.165) is 49.3 Å². The first-order valence-corrected chi connectivity index (χ1v) is 9.63. The van der Waals surface area contributed by atoms with Crippen molar-refractivity contribution in [2.24, 2.45) is 0 Å². The van der Waals surface area contributed by atoms with Crippen LogP contribution in [0.5, 0.6) is 17.2 Å². The van der Waals surface area contributed by atoms with Crippen molar-refractivity contribution in [1.82, 2.24) is 9.97 Å². The zero-order valence-corrected chi connectivity index (χ0v) is 16.0. The summed E-state index contributed by atoms with van der Waals surface area (Å²) in [5.74, 6) is 3.24. The number of thiophene rings is 1. The number of anilines is 1. The average Bonchev–Trinajstić information content (AvgIpc) is 3.39. The summed E-state index contributed by atoms with van der Waals surface area (Å²) in [4.78, 5) is 10.0. The molecule has 4 aromatic rings. The fraction of sp³-hybridized carbons (Fsp3) is 0.143. The van der Waals surface area contributed by atoms with Gasteiger partial charge < -0.3 is 19.5 Å². The van der Waals surface area contributed by atoms with Crippen LogP contribution in [0.25, 0.3) is 20.7 Å². The second-order valence-corrected chi connectivity index (χ2v) is 7.37. The smallest absolute Gasteiger partial charge is 0.231 e. The van der Waals surface area contributed by atoms with Gasteiger partial charge in [0.25, 0.3) is 0 Å². The zero-order chi connectivity index (χ0) is 18.9. The Morgan fingerprint density at radius 2 is 1.89 bits per heavy atom. The van der Waals surface area contributed by atoms with Crippen LogP contribution < -0.4 is 19.5 Å². The number of hydrogen-bond acceptors (Lipinski definition) is 7. The van der Waals surface area contributed by atoms with Gasteiger partial charge in [0, 0.05) is 11.4 Å². The van der Waals surface area contributed by atoms with Gasteiger partial charge in [-0.1, -0.05) is 6.07 Å². The van der Waals surface area contributed by atoms with Crippen LogP contribution in [0.1, 0.15) is 5.56 Å². The molecule has 6 nitrogen and oxygen atoms in total. The SMILES string of the molecule is COc1ccc(-c2cc3ncnc(NCc4ccc5c(c4)OCO5)c3s2)cc1. The summed E-state index contributed by atoms with van der Waals surface area (Å²) < 4.78 is 17.1. The fourth-order valence-corrected chi connectivity index (χ4v) is 4.20. The Labute approximate surface area is 165 Å². The van der Waals surface area contributed by atoms with Gasteiger partial charge in [-0.25, -0.2) is 9.97 Å². The molecule has 0 radical (unpaired) electrons. The van der Waals surface area contributed by atoms with Gasteiger partial charge in [0.15, 0.2) is 11.5 Å². The molecule has 1 N–H and O–H groups in total. The van der Waals surface area contributed by atoms with E-state index >= 15 is 0 Å². The molecule has 0 saturated heterocycles. The molecule has 1 aliphatic heterocycles. The van der Waals surface area contributed by atoms with E-state index in [1.807, 2.05) is 30.3 Å². The molecule has 0 spiro atoms. The molecule has 0 aliphatic carbocycles. The second kappa shape index (κ2) is 7.01. The van der Waals surface area contributed by atoms with Gasteiger partial charge in [-0.05, 0) is 53.6 Å². The summed E-state index contributed by atoms with van der Waals surface area (Å²) in [6.45, 7) is 0.917. The van der Waals surface area contributed by atoms with Crippen molar-refractivity contribution < 1.29 is 14.2 Å². The Bertz CT molecular complexity index is 1140. The molecule has 0 amide bonds. The van der Waals surface area contributed by atoms with Gasteiger partial charge in [-0.15, -0.1) is 11.3 Å². The number of nitrogens with one attached hydrogen (secondary N) is 1. The Balaban J connectivity index is 1.41. The Kier molecular flexibility index (Phi) is 4.21. The summed E-state index contributed by atoms with van der Waals surface area (Å²) >= 11 is 1.67. The van der Waals surface area contributed by atoms with Gasteiger partial charge in [-0.2, -0.15) is 0 Å². The predicted molar refractivity (Wildman–Crippen MR) is 109 cm³/mol. The molecular formula is C21H17N3O3S. The van der Waals surface area contributed by atoms with Crippen molar-refractivity contribution in [3.05, 3.63) is 60.4 Å². The van der Waals surface area contributed by atoms with E-state index < -0.39 is 0 Å². The molecule has 0 unspecified atom stereocenters.